The van der Waals surface area contributed by atoms with Crippen LogP contribution in [0.2, 0.25) is 0 Å². The molecule has 0 aliphatic heterocycles. The largest absolute Gasteiger partial charge is 0.387 e. The first-order valence-electron chi connectivity index (χ1n) is 6.75. The van der Waals surface area contributed by atoms with Crippen LogP contribution in [0.25, 0.3) is 0 Å². The number of hydrogen-bond donors (Lipinski definition) is 2. The summed E-state index contributed by atoms with van der Waals surface area (Å²) in [6.07, 6.45) is 0.553. The van der Waals surface area contributed by atoms with Gasteiger partial charge in [0, 0.05) is 6.54 Å². The van der Waals surface area contributed by atoms with Crippen molar-refractivity contribution in [1.29, 1.82) is 0 Å². The third-order valence-corrected chi connectivity index (χ3v) is 3.20. The van der Waals surface area contributed by atoms with Crippen molar-refractivity contribution in [2.24, 2.45) is 0 Å². The highest BCUT2D eigenvalue weighted by Gasteiger charge is 2.06. The van der Waals surface area contributed by atoms with Crippen molar-refractivity contribution < 1.29 is 5.11 Å². The van der Waals surface area contributed by atoms with E-state index in [0.29, 0.717) is 6.54 Å². The Hall–Kier alpha value is -1.64. The Morgan fingerprint density at radius 3 is 2.58 bits per heavy atom. The minimum absolute atomic E-state index is 0.435. The van der Waals surface area contributed by atoms with Gasteiger partial charge in [-0.2, -0.15) is 0 Å². The Balaban J connectivity index is 1.74. The molecular formula is C17H21NO. The van der Waals surface area contributed by atoms with Gasteiger partial charge in [-0.3, -0.25) is 0 Å². The van der Waals surface area contributed by atoms with Crippen molar-refractivity contribution in [2.45, 2.75) is 19.4 Å². The zero-order valence-corrected chi connectivity index (χ0v) is 11.3. The minimum Gasteiger partial charge on any atom is -0.387 e. The van der Waals surface area contributed by atoms with Gasteiger partial charge < -0.3 is 10.4 Å². The molecule has 2 nitrogen and oxygen atoms in total. The molecule has 0 aromatic heterocycles. The lowest BCUT2D eigenvalue weighted by atomic mass is 10.1. The number of aliphatic hydroxyl groups is 1. The smallest absolute Gasteiger partial charge is 0.0914 e. The fourth-order valence-corrected chi connectivity index (χ4v) is 2.11. The second-order valence-electron chi connectivity index (χ2n) is 4.87. The third-order valence-electron chi connectivity index (χ3n) is 3.20. The van der Waals surface area contributed by atoms with Crippen LogP contribution < -0.4 is 5.32 Å². The Kier molecular flexibility index (Phi) is 5.13. The van der Waals surface area contributed by atoms with Gasteiger partial charge in [-0.1, -0.05) is 60.2 Å². The van der Waals surface area contributed by atoms with Crippen LogP contribution in [0, 0.1) is 6.92 Å². The molecule has 2 aromatic carbocycles. The molecule has 19 heavy (non-hydrogen) atoms. The van der Waals surface area contributed by atoms with Gasteiger partial charge in [-0.05, 0) is 31.0 Å². The number of aliphatic hydroxyl groups excluding tert-OH is 1. The van der Waals surface area contributed by atoms with E-state index in [9.17, 15) is 5.11 Å². The molecule has 0 aliphatic carbocycles. The summed E-state index contributed by atoms with van der Waals surface area (Å²) in [5, 5.41) is 13.4. The first-order chi connectivity index (χ1) is 9.25. The van der Waals surface area contributed by atoms with Crippen molar-refractivity contribution in [3.8, 4) is 0 Å². The van der Waals surface area contributed by atoms with Crippen molar-refractivity contribution >= 4 is 0 Å². The molecule has 0 heterocycles. The normalized spacial score (nSPS) is 12.3. The number of nitrogens with one attached hydrogen (secondary N) is 1. The predicted molar refractivity (Wildman–Crippen MR) is 79.2 cm³/mol. The van der Waals surface area contributed by atoms with E-state index in [2.05, 4.69) is 29.6 Å². The lowest BCUT2D eigenvalue weighted by Crippen LogP contribution is -2.23. The van der Waals surface area contributed by atoms with Gasteiger partial charge in [0.2, 0.25) is 0 Å². The van der Waals surface area contributed by atoms with E-state index in [1.807, 2.05) is 37.3 Å². The number of aryl methyl sites for hydroxylation is 1. The van der Waals surface area contributed by atoms with Crippen LogP contribution in [0.3, 0.4) is 0 Å². The lowest BCUT2D eigenvalue weighted by molar-refractivity contribution is 0.175. The molecule has 2 aromatic rings. The standard InChI is InChI=1S/C17H21NO/c1-14-6-5-9-16(12-14)17(19)13-18-11-10-15-7-3-2-4-8-15/h2-9,12,17-19H,10-11,13H2,1H3. The summed E-state index contributed by atoms with van der Waals surface area (Å²) in [4.78, 5) is 0. The summed E-state index contributed by atoms with van der Waals surface area (Å²) in [5.74, 6) is 0. The molecule has 0 aliphatic rings. The predicted octanol–water partition coefficient (Wildman–Crippen LogP) is 2.86. The maximum atomic E-state index is 10.1. The maximum absolute atomic E-state index is 10.1. The van der Waals surface area contributed by atoms with Crippen LogP contribution in [0.1, 0.15) is 22.8 Å². The molecule has 1 atom stereocenters. The molecule has 2 N–H and O–H groups in total. The quantitative estimate of drug-likeness (QED) is 0.778. The van der Waals surface area contributed by atoms with Crippen molar-refractivity contribution in [1.82, 2.24) is 5.32 Å². The number of hydrogen-bond acceptors (Lipinski definition) is 2. The van der Waals surface area contributed by atoms with E-state index in [-0.39, 0.29) is 0 Å². The molecule has 0 spiro atoms. The van der Waals surface area contributed by atoms with Crippen LogP contribution in [-0.4, -0.2) is 18.2 Å². The van der Waals surface area contributed by atoms with E-state index >= 15 is 0 Å². The molecule has 0 fully saturated rings. The van der Waals surface area contributed by atoms with Gasteiger partial charge in [-0.15, -0.1) is 0 Å². The van der Waals surface area contributed by atoms with Crippen molar-refractivity contribution in [3.63, 3.8) is 0 Å². The minimum atomic E-state index is -0.435. The number of rotatable bonds is 6. The molecule has 2 rings (SSSR count). The second kappa shape index (κ2) is 7.07. The molecule has 0 saturated carbocycles. The van der Waals surface area contributed by atoms with Crippen molar-refractivity contribution in [2.75, 3.05) is 13.1 Å². The first kappa shape index (κ1) is 13.8. The van der Waals surface area contributed by atoms with Gasteiger partial charge in [-0.25, -0.2) is 0 Å². The maximum Gasteiger partial charge on any atom is 0.0914 e. The van der Waals surface area contributed by atoms with Gasteiger partial charge in [0.1, 0.15) is 0 Å². The molecule has 0 radical (unpaired) electrons. The van der Waals surface area contributed by atoms with E-state index in [1.165, 1.54) is 11.1 Å². The molecule has 0 amide bonds. The topological polar surface area (TPSA) is 32.3 Å². The monoisotopic (exact) mass is 255 g/mol. The summed E-state index contributed by atoms with van der Waals surface area (Å²) in [6, 6.07) is 18.4. The summed E-state index contributed by atoms with van der Waals surface area (Å²) in [6.45, 7) is 3.52. The Bertz CT molecular complexity index is 496. The fourth-order valence-electron chi connectivity index (χ4n) is 2.11. The second-order valence-corrected chi connectivity index (χ2v) is 4.87. The molecule has 2 heteroatoms. The summed E-state index contributed by atoms with van der Waals surface area (Å²) < 4.78 is 0. The van der Waals surface area contributed by atoms with Crippen LogP contribution in [-0.2, 0) is 6.42 Å². The zero-order valence-electron chi connectivity index (χ0n) is 11.3. The van der Waals surface area contributed by atoms with E-state index in [4.69, 9.17) is 0 Å². The average Bonchev–Trinajstić information content (AvgIpc) is 2.44. The third kappa shape index (κ3) is 4.51. The SMILES string of the molecule is Cc1cccc(C(O)CNCCc2ccccc2)c1. The molecule has 100 valence electrons. The van der Waals surface area contributed by atoms with Gasteiger partial charge in [0.15, 0.2) is 0 Å². The van der Waals surface area contributed by atoms with Gasteiger partial charge >= 0.3 is 0 Å². The summed E-state index contributed by atoms with van der Waals surface area (Å²) in [7, 11) is 0. The summed E-state index contributed by atoms with van der Waals surface area (Å²) in [5.41, 5.74) is 3.48. The van der Waals surface area contributed by atoms with E-state index < -0.39 is 6.10 Å². The fraction of sp³-hybridized carbons (Fsp3) is 0.294. The Morgan fingerprint density at radius 1 is 1.05 bits per heavy atom. The molecule has 0 bridgehead atoms. The first-order valence-corrected chi connectivity index (χ1v) is 6.75. The van der Waals surface area contributed by atoms with Gasteiger partial charge in [0.25, 0.3) is 0 Å². The van der Waals surface area contributed by atoms with Crippen molar-refractivity contribution in [3.05, 3.63) is 71.3 Å². The summed E-state index contributed by atoms with van der Waals surface area (Å²) >= 11 is 0. The average molecular weight is 255 g/mol. The highest BCUT2D eigenvalue weighted by Crippen LogP contribution is 2.13. The van der Waals surface area contributed by atoms with Crippen LogP contribution in [0.4, 0.5) is 0 Å². The Labute approximate surface area is 115 Å². The zero-order chi connectivity index (χ0) is 13.5. The van der Waals surface area contributed by atoms with Crippen LogP contribution in [0.15, 0.2) is 54.6 Å². The van der Waals surface area contributed by atoms with Crippen LogP contribution >= 0.6 is 0 Å². The molecule has 1 unspecified atom stereocenters. The molecule has 0 saturated heterocycles. The van der Waals surface area contributed by atoms with E-state index in [1.54, 1.807) is 0 Å². The molecular weight excluding hydrogens is 234 g/mol. The van der Waals surface area contributed by atoms with E-state index in [0.717, 1.165) is 18.5 Å². The van der Waals surface area contributed by atoms with Crippen LogP contribution in [0.5, 0.6) is 0 Å². The van der Waals surface area contributed by atoms with Gasteiger partial charge in [0.05, 0.1) is 6.10 Å². The highest BCUT2D eigenvalue weighted by molar-refractivity contribution is 5.24. The lowest BCUT2D eigenvalue weighted by Gasteiger charge is -2.12. The number of benzene rings is 2. The highest BCUT2D eigenvalue weighted by atomic mass is 16.3. The Morgan fingerprint density at radius 2 is 1.84 bits per heavy atom.